The normalized spacial score (nSPS) is 14.9. The van der Waals surface area contributed by atoms with Gasteiger partial charge in [-0.15, -0.1) is 0 Å². The number of carboxylic acid groups (broad SMARTS) is 1. The number of aromatic nitrogens is 4. The van der Waals surface area contributed by atoms with Gasteiger partial charge in [-0.05, 0) is 43.0 Å². The number of aromatic carboxylic acids is 1. The van der Waals surface area contributed by atoms with Gasteiger partial charge in [0.15, 0.2) is 0 Å². The number of nitrogens with one attached hydrogen (secondary N) is 1. The van der Waals surface area contributed by atoms with E-state index in [2.05, 4.69) is 26.5 Å². The van der Waals surface area contributed by atoms with Crippen LogP contribution in [0.15, 0.2) is 48.9 Å². The highest BCUT2D eigenvalue weighted by Gasteiger charge is 2.27. The Morgan fingerprint density at radius 3 is 2.93 bits per heavy atom. The Hall–Kier alpha value is -3.73. The van der Waals surface area contributed by atoms with E-state index >= 15 is 0 Å². The molecule has 0 radical (unpaired) electrons. The molecule has 1 aromatic carbocycles. The average molecular weight is 402 g/mol. The molecule has 1 fully saturated rings. The van der Waals surface area contributed by atoms with Crippen LogP contribution in [-0.2, 0) is 0 Å². The zero-order valence-corrected chi connectivity index (χ0v) is 16.4. The molecule has 0 bridgehead atoms. The van der Waals surface area contributed by atoms with Crippen molar-refractivity contribution in [3.63, 3.8) is 0 Å². The number of nitrogens with zero attached hydrogens (tertiary/aromatic N) is 5. The monoisotopic (exact) mass is 402 g/mol. The van der Waals surface area contributed by atoms with Crippen molar-refractivity contribution in [2.24, 2.45) is 5.92 Å². The molecule has 3 aromatic rings. The zero-order chi connectivity index (χ0) is 20.9. The van der Waals surface area contributed by atoms with E-state index in [1.54, 1.807) is 30.6 Å². The number of benzene rings is 1. The predicted octanol–water partition coefficient (Wildman–Crippen LogP) is 4.43. The van der Waals surface area contributed by atoms with Gasteiger partial charge in [-0.3, -0.25) is 4.68 Å². The second kappa shape index (κ2) is 8.74. The van der Waals surface area contributed by atoms with Crippen LogP contribution in [-0.4, -0.2) is 30.8 Å². The van der Waals surface area contributed by atoms with Crippen molar-refractivity contribution in [2.75, 3.05) is 5.32 Å². The average Bonchev–Trinajstić information content (AvgIpc) is 3.45. The maximum Gasteiger partial charge on any atom is 0.335 e. The van der Waals surface area contributed by atoms with Gasteiger partial charge in [-0.1, -0.05) is 18.9 Å². The van der Waals surface area contributed by atoms with Crippen LogP contribution < -0.4 is 5.32 Å². The third-order valence-corrected chi connectivity index (χ3v) is 5.50. The van der Waals surface area contributed by atoms with E-state index in [1.807, 2.05) is 10.9 Å². The fraction of sp³-hybridized carbons (Fsp3) is 0.318. The third kappa shape index (κ3) is 4.30. The Labute approximate surface area is 174 Å². The Morgan fingerprint density at radius 2 is 2.17 bits per heavy atom. The number of rotatable bonds is 7. The van der Waals surface area contributed by atoms with Crippen molar-refractivity contribution in [1.29, 1.82) is 5.26 Å². The summed E-state index contributed by atoms with van der Waals surface area (Å²) in [4.78, 5) is 19.9. The van der Waals surface area contributed by atoms with E-state index in [4.69, 9.17) is 5.11 Å². The standard InChI is InChI=1S/C22H22N6O2/c23-10-8-20(15-4-1-2-5-15)28-14-17(13-25-28)19-9-11-24-22(27-19)26-18-7-3-6-16(12-18)21(29)30/h3,6-7,9,11-15,20H,1-2,4-5,8H2,(H,29,30)(H,24,26,27). The molecule has 8 nitrogen and oxygen atoms in total. The molecule has 4 rings (SSSR count). The summed E-state index contributed by atoms with van der Waals surface area (Å²) in [5.74, 6) is -0.136. The van der Waals surface area contributed by atoms with Gasteiger partial charge in [0.1, 0.15) is 0 Å². The Bertz CT molecular complexity index is 1080. The maximum atomic E-state index is 11.2. The molecule has 8 heteroatoms. The van der Waals surface area contributed by atoms with Gasteiger partial charge in [0, 0.05) is 23.6 Å². The summed E-state index contributed by atoms with van der Waals surface area (Å²) in [6.45, 7) is 0. The summed E-state index contributed by atoms with van der Waals surface area (Å²) >= 11 is 0. The molecular weight excluding hydrogens is 380 g/mol. The maximum absolute atomic E-state index is 11.2. The fourth-order valence-electron chi connectivity index (χ4n) is 4.00. The summed E-state index contributed by atoms with van der Waals surface area (Å²) < 4.78 is 1.90. The lowest BCUT2D eigenvalue weighted by atomic mass is 9.96. The molecule has 0 saturated heterocycles. The van der Waals surface area contributed by atoms with E-state index in [9.17, 15) is 10.1 Å². The highest BCUT2D eigenvalue weighted by atomic mass is 16.4. The summed E-state index contributed by atoms with van der Waals surface area (Å²) in [7, 11) is 0. The number of anilines is 2. The first-order chi connectivity index (χ1) is 14.6. The number of hydrogen-bond donors (Lipinski definition) is 2. The fourth-order valence-corrected chi connectivity index (χ4v) is 4.00. The van der Waals surface area contributed by atoms with Gasteiger partial charge in [0.25, 0.3) is 0 Å². The van der Waals surface area contributed by atoms with Crippen LogP contribution in [0.5, 0.6) is 0 Å². The quantitative estimate of drug-likeness (QED) is 0.600. The molecule has 2 N–H and O–H groups in total. The van der Waals surface area contributed by atoms with Crippen molar-refractivity contribution < 1.29 is 9.90 Å². The minimum absolute atomic E-state index is 0.0874. The van der Waals surface area contributed by atoms with Gasteiger partial charge in [0.05, 0.1) is 36.0 Å². The number of carboxylic acids is 1. The first-order valence-corrected chi connectivity index (χ1v) is 9.99. The Kier molecular flexibility index (Phi) is 5.70. The van der Waals surface area contributed by atoms with E-state index in [0.29, 0.717) is 29.7 Å². The third-order valence-electron chi connectivity index (χ3n) is 5.50. The summed E-state index contributed by atoms with van der Waals surface area (Å²) in [5, 5.41) is 26.0. The molecule has 1 saturated carbocycles. The van der Waals surface area contributed by atoms with Gasteiger partial charge in [-0.25, -0.2) is 14.8 Å². The van der Waals surface area contributed by atoms with E-state index in [1.165, 1.54) is 25.0 Å². The van der Waals surface area contributed by atoms with Crippen LogP contribution in [0.4, 0.5) is 11.6 Å². The highest BCUT2D eigenvalue weighted by molar-refractivity contribution is 5.89. The van der Waals surface area contributed by atoms with Crippen molar-refractivity contribution in [3.8, 4) is 17.3 Å². The van der Waals surface area contributed by atoms with E-state index < -0.39 is 5.97 Å². The smallest absolute Gasteiger partial charge is 0.335 e. The number of hydrogen-bond acceptors (Lipinski definition) is 6. The van der Waals surface area contributed by atoms with Gasteiger partial charge < -0.3 is 10.4 Å². The molecule has 0 spiro atoms. The van der Waals surface area contributed by atoms with Crippen LogP contribution in [0.1, 0.15) is 48.5 Å². The first-order valence-electron chi connectivity index (χ1n) is 9.99. The Morgan fingerprint density at radius 1 is 1.33 bits per heavy atom. The van der Waals surface area contributed by atoms with Crippen LogP contribution in [0, 0.1) is 17.2 Å². The molecule has 30 heavy (non-hydrogen) atoms. The van der Waals surface area contributed by atoms with Gasteiger partial charge >= 0.3 is 5.97 Å². The molecule has 1 unspecified atom stereocenters. The summed E-state index contributed by atoms with van der Waals surface area (Å²) in [5.41, 5.74) is 2.34. The minimum Gasteiger partial charge on any atom is -0.478 e. The number of carbonyl (C=O) groups is 1. The largest absolute Gasteiger partial charge is 0.478 e. The second-order valence-electron chi connectivity index (χ2n) is 7.46. The van der Waals surface area contributed by atoms with E-state index in [-0.39, 0.29) is 11.6 Å². The molecule has 0 amide bonds. The summed E-state index contributed by atoms with van der Waals surface area (Å²) in [6.07, 6.45) is 10.5. The van der Waals surface area contributed by atoms with Crippen molar-refractivity contribution in [3.05, 3.63) is 54.5 Å². The lowest BCUT2D eigenvalue weighted by Crippen LogP contribution is -2.17. The molecule has 152 valence electrons. The van der Waals surface area contributed by atoms with Crippen LogP contribution in [0.3, 0.4) is 0 Å². The second-order valence-corrected chi connectivity index (χ2v) is 7.46. The highest BCUT2D eigenvalue weighted by Crippen LogP contribution is 2.36. The SMILES string of the molecule is N#CCC(C1CCCC1)n1cc(-c2ccnc(Nc3cccc(C(=O)O)c3)n2)cn1. The van der Waals surface area contributed by atoms with Gasteiger partial charge in [0.2, 0.25) is 5.95 Å². The van der Waals surface area contributed by atoms with Crippen LogP contribution in [0.25, 0.3) is 11.3 Å². The van der Waals surface area contributed by atoms with Crippen LogP contribution >= 0.6 is 0 Å². The first kappa shape index (κ1) is 19.6. The molecule has 0 aliphatic heterocycles. The van der Waals surface area contributed by atoms with Crippen LogP contribution in [0.2, 0.25) is 0 Å². The van der Waals surface area contributed by atoms with Crippen molar-refractivity contribution in [2.45, 2.75) is 38.1 Å². The topological polar surface area (TPSA) is 117 Å². The molecule has 1 atom stereocenters. The van der Waals surface area contributed by atoms with Crippen molar-refractivity contribution >= 4 is 17.6 Å². The minimum atomic E-state index is -0.991. The predicted molar refractivity (Wildman–Crippen MR) is 111 cm³/mol. The molecular formula is C22H22N6O2. The lowest BCUT2D eigenvalue weighted by molar-refractivity contribution is 0.0697. The van der Waals surface area contributed by atoms with E-state index in [0.717, 1.165) is 18.4 Å². The summed E-state index contributed by atoms with van der Waals surface area (Å²) in [6, 6.07) is 10.7. The molecule has 1 aliphatic rings. The lowest BCUT2D eigenvalue weighted by Gasteiger charge is -2.21. The molecule has 2 aromatic heterocycles. The van der Waals surface area contributed by atoms with Crippen molar-refractivity contribution in [1.82, 2.24) is 19.7 Å². The zero-order valence-electron chi connectivity index (χ0n) is 16.4. The van der Waals surface area contributed by atoms with Gasteiger partial charge in [-0.2, -0.15) is 10.4 Å². The molecule has 1 aliphatic carbocycles. The Balaban J connectivity index is 1.55. The number of nitriles is 1. The molecule has 2 heterocycles.